The van der Waals surface area contributed by atoms with Gasteiger partial charge in [0, 0.05) is 12.6 Å². The number of primary amides is 1. The van der Waals surface area contributed by atoms with Crippen molar-refractivity contribution in [3.8, 4) is 0 Å². The van der Waals surface area contributed by atoms with Crippen LogP contribution in [0.15, 0.2) is 0 Å². The van der Waals surface area contributed by atoms with E-state index in [1.165, 1.54) is 19.4 Å². The van der Waals surface area contributed by atoms with Crippen LogP contribution in [-0.2, 0) is 4.79 Å². The average Bonchev–Trinajstić information content (AvgIpc) is 3.15. The first-order valence-corrected chi connectivity index (χ1v) is 8.78. The van der Waals surface area contributed by atoms with E-state index >= 15 is 0 Å². The van der Waals surface area contributed by atoms with E-state index in [1.807, 2.05) is 0 Å². The SMILES string of the molecule is CCNC1(C(N)=O)CCCC1CCN(CC1CC1)C(C)C. The second kappa shape index (κ2) is 7.10. The van der Waals surface area contributed by atoms with E-state index in [0.717, 1.165) is 44.7 Å². The van der Waals surface area contributed by atoms with Crippen molar-refractivity contribution in [2.24, 2.45) is 17.6 Å². The number of nitrogens with two attached hydrogens (primary N) is 1. The summed E-state index contributed by atoms with van der Waals surface area (Å²) < 4.78 is 0. The van der Waals surface area contributed by atoms with Crippen LogP contribution in [0.25, 0.3) is 0 Å². The van der Waals surface area contributed by atoms with Crippen molar-refractivity contribution in [1.82, 2.24) is 10.2 Å². The Labute approximate surface area is 129 Å². The Hall–Kier alpha value is -0.610. The standard InChI is InChI=1S/C17H33N3O/c1-4-19-17(16(18)21)10-5-6-15(17)9-11-20(13(2)3)12-14-7-8-14/h13-15,19H,4-12H2,1-3H3,(H2,18,21). The highest BCUT2D eigenvalue weighted by Gasteiger charge is 2.46. The van der Waals surface area contributed by atoms with Gasteiger partial charge in [0.2, 0.25) is 5.91 Å². The van der Waals surface area contributed by atoms with Crippen LogP contribution in [0.5, 0.6) is 0 Å². The smallest absolute Gasteiger partial charge is 0.238 e. The van der Waals surface area contributed by atoms with E-state index in [2.05, 4.69) is 31.0 Å². The largest absolute Gasteiger partial charge is 0.368 e. The van der Waals surface area contributed by atoms with Crippen molar-refractivity contribution in [3.05, 3.63) is 0 Å². The maximum absolute atomic E-state index is 12.0. The summed E-state index contributed by atoms with van der Waals surface area (Å²) in [4.78, 5) is 14.6. The molecule has 0 aromatic carbocycles. The highest BCUT2D eigenvalue weighted by Crippen LogP contribution is 2.38. The number of carbonyl (C=O) groups excluding carboxylic acids is 1. The molecule has 0 aromatic heterocycles. The van der Waals surface area contributed by atoms with Crippen molar-refractivity contribution >= 4 is 5.91 Å². The lowest BCUT2D eigenvalue weighted by molar-refractivity contribution is -0.126. The van der Waals surface area contributed by atoms with Crippen LogP contribution in [0.1, 0.15) is 59.3 Å². The van der Waals surface area contributed by atoms with Crippen molar-refractivity contribution in [2.75, 3.05) is 19.6 Å². The molecule has 0 aliphatic heterocycles. The van der Waals surface area contributed by atoms with E-state index in [-0.39, 0.29) is 5.91 Å². The molecule has 0 spiro atoms. The second-order valence-electron chi connectivity index (χ2n) is 7.28. The third kappa shape index (κ3) is 3.98. The Kier molecular flexibility index (Phi) is 5.67. The summed E-state index contributed by atoms with van der Waals surface area (Å²) in [5.74, 6) is 1.17. The van der Waals surface area contributed by atoms with Gasteiger partial charge in [0.15, 0.2) is 0 Å². The average molecular weight is 295 g/mol. The van der Waals surface area contributed by atoms with Gasteiger partial charge in [-0.05, 0) is 70.9 Å². The van der Waals surface area contributed by atoms with Crippen LogP contribution in [-0.4, -0.2) is 42.0 Å². The lowest BCUT2D eigenvalue weighted by atomic mass is 9.83. The van der Waals surface area contributed by atoms with Crippen LogP contribution in [0.3, 0.4) is 0 Å². The molecule has 0 radical (unpaired) electrons. The van der Waals surface area contributed by atoms with Crippen molar-refractivity contribution in [3.63, 3.8) is 0 Å². The summed E-state index contributed by atoms with van der Waals surface area (Å²) in [7, 11) is 0. The first-order chi connectivity index (χ1) is 9.99. The zero-order valence-corrected chi connectivity index (χ0v) is 14.0. The van der Waals surface area contributed by atoms with Gasteiger partial charge >= 0.3 is 0 Å². The van der Waals surface area contributed by atoms with Gasteiger partial charge in [0.05, 0.1) is 0 Å². The quantitative estimate of drug-likeness (QED) is 0.685. The molecule has 2 aliphatic rings. The zero-order chi connectivity index (χ0) is 15.5. The number of nitrogens with one attached hydrogen (secondary N) is 1. The first kappa shape index (κ1) is 16.8. The molecule has 2 unspecified atom stereocenters. The van der Waals surface area contributed by atoms with Crippen LogP contribution < -0.4 is 11.1 Å². The minimum absolute atomic E-state index is 0.148. The predicted octanol–water partition coefficient (Wildman–Crippen LogP) is 2.13. The molecule has 2 fully saturated rings. The van der Waals surface area contributed by atoms with Crippen LogP contribution in [0, 0.1) is 11.8 Å². The molecule has 2 aliphatic carbocycles. The normalized spacial score (nSPS) is 29.5. The Morgan fingerprint density at radius 1 is 1.38 bits per heavy atom. The zero-order valence-electron chi connectivity index (χ0n) is 14.0. The number of likely N-dealkylation sites (N-methyl/N-ethyl adjacent to an activating group) is 1. The molecule has 0 bridgehead atoms. The lowest BCUT2D eigenvalue weighted by Crippen LogP contribution is -2.58. The fourth-order valence-corrected chi connectivity index (χ4v) is 3.94. The van der Waals surface area contributed by atoms with Gasteiger partial charge in [0.25, 0.3) is 0 Å². The highest BCUT2D eigenvalue weighted by atomic mass is 16.1. The van der Waals surface area contributed by atoms with E-state index in [1.54, 1.807) is 0 Å². The summed E-state index contributed by atoms with van der Waals surface area (Å²) in [6.07, 6.45) is 7.03. The Morgan fingerprint density at radius 2 is 2.10 bits per heavy atom. The Balaban J connectivity index is 1.94. The number of nitrogens with zero attached hydrogens (tertiary/aromatic N) is 1. The van der Waals surface area contributed by atoms with Gasteiger partial charge in [0.1, 0.15) is 5.54 Å². The van der Waals surface area contributed by atoms with E-state index in [9.17, 15) is 4.79 Å². The maximum atomic E-state index is 12.0. The summed E-state index contributed by atoms with van der Waals surface area (Å²) in [6, 6.07) is 0.592. The number of carbonyl (C=O) groups is 1. The molecule has 0 saturated heterocycles. The minimum Gasteiger partial charge on any atom is -0.368 e. The molecule has 4 nitrogen and oxygen atoms in total. The molecule has 0 aromatic rings. The monoisotopic (exact) mass is 295 g/mol. The van der Waals surface area contributed by atoms with Crippen LogP contribution >= 0.6 is 0 Å². The molecular formula is C17H33N3O. The summed E-state index contributed by atoms with van der Waals surface area (Å²) in [6.45, 7) is 9.77. The van der Waals surface area contributed by atoms with E-state index in [0.29, 0.717) is 12.0 Å². The molecule has 2 rings (SSSR count). The molecule has 122 valence electrons. The molecular weight excluding hydrogens is 262 g/mol. The molecule has 2 saturated carbocycles. The minimum atomic E-state index is -0.447. The van der Waals surface area contributed by atoms with Crippen molar-refractivity contribution in [1.29, 1.82) is 0 Å². The molecule has 0 heterocycles. The molecule has 4 heteroatoms. The van der Waals surface area contributed by atoms with Gasteiger partial charge < -0.3 is 16.0 Å². The predicted molar refractivity (Wildman–Crippen MR) is 87.0 cm³/mol. The summed E-state index contributed by atoms with van der Waals surface area (Å²) in [5, 5.41) is 3.42. The molecule has 2 atom stereocenters. The van der Waals surface area contributed by atoms with E-state index < -0.39 is 5.54 Å². The van der Waals surface area contributed by atoms with Crippen molar-refractivity contribution in [2.45, 2.75) is 70.9 Å². The lowest BCUT2D eigenvalue weighted by Gasteiger charge is -2.35. The Bertz CT molecular complexity index is 354. The number of rotatable bonds is 9. The molecule has 21 heavy (non-hydrogen) atoms. The summed E-state index contributed by atoms with van der Waals surface area (Å²) in [5.41, 5.74) is 5.30. The molecule has 3 N–H and O–H groups in total. The third-order valence-electron chi connectivity index (χ3n) is 5.44. The summed E-state index contributed by atoms with van der Waals surface area (Å²) >= 11 is 0. The van der Waals surface area contributed by atoms with Gasteiger partial charge in [-0.25, -0.2) is 0 Å². The number of amides is 1. The van der Waals surface area contributed by atoms with E-state index in [4.69, 9.17) is 5.73 Å². The maximum Gasteiger partial charge on any atom is 0.238 e. The van der Waals surface area contributed by atoms with Gasteiger partial charge in [-0.3, -0.25) is 4.79 Å². The van der Waals surface area contributed by atoms with Gasteiger partial charge in [-0.1, -0.05) is 13.3 Å². The van der Waals surface area contributed by atoms with Crippen LogP contribution in [0.2, 0.25) is 0 Å². The molecule has 1 amide bonds. The van der Waals surface area contributed by atoms with Crippen LogP contribution in [0.4, 0.5) is 0 Å². The highest BCUT2D eigenvalue weighted by molar-refractivity contribution is 5.85. The number of hydrogen-bond acceptors (Lipinski definition) is 3. The number of hydrogen-bond donors (Lipinski definition) is 2. The second-order valence-corrected chi connectivity index (χ2v) is 7.28. The first-order valence-electron chi connectivity index (χ1n) is 8.78. The third-order valence-corrected chi connectivity index (χ3v) is 5.44. The Morgan fingerprint density at radius 3 is 2.62 bits per heavy atom. The fourth-order valence-electron chi connectivity index (χ4n) is 3.94. The van der Waals surface area contributed by atoms with Crippen molar-refractivity contribution < 1.29 is 4.79 Å². The van der Waals surface area contributed by atoms with Gasteiger partial charge in [-0.15, -0.1) is 0 Å². The van der Waals surface area contributed by atoms with Gasteiger partial charge in [-0.2, -0.15) is 0 Å². The fraction of sp³-hybridized carbons (Fsp3) is 0.941. The topological polar surface area (TPSA) is 58.4 Å².